The molecule has 2 aromatic carbocycles. The fourth-order valence-corrected chi connectivity index (χ4v) is 3.64. The van der Waals surface area contributed by atoms with Gasteiger partial charge in [-0.1, -0.05) is 12.1 Å². The summed E-state index contributed by atoms with van der Waals surface area (Å²) in [5, 5.41) is 0. The van der Waals surface area contributed by atoms with Crippen molar-refractivity contribution < 1.29 is 8.42 Å². The lowest BCUT2D eigenvalue weighted by atomic mass is 10.2. The van der Waals surface area contributed by atoms with Crippen LogP contribution in [-0.2, 0) is 16.6 Å². The third kappa shape index (κ3) is 3.49. The Hall–Kier alpha value is -2.03. The van der Waals surface area contributed by atoms with Crippen LogP contribution in [0.15, 0.2) is 57.1 Å². The lowest BCUT2D eigenvalue weighted by molar-refractivity contribution is 0.581. The molecule has 8 heteroatoms. The number of hydrogen-bond donors (Lipinski definition) is 3. The fourth-order valence-electron chi connectivity index (χ4n) is 2.18. The number of H-pyrrole nitrogens is 2. The smallest absolute Gasteiger partial charge is 0.306 e. The van der Waals surface area contributed by atoms with Crippen molar-refractivity contribution in [1.29, 1.82) is 0 Å². The largest absolute Gasteiger partial charge is 0.323 e. The Morgan fingerprint density at radius 2 is 1.74 bits per heavy atom. The van der Waals surface area contributed by atoms with E-state index in [4.69, 9.17) is 0 Å². The number of fused-ring (bicyclic) bond motifs is 1. The van der Waals surface area contributed by atoms with E-state index in [-0.39, 0.29) is 17.1 Å². The lowest BCUT2D eigenvalue weighted by Crippen LogP contribution is -2.23. The number of aromatic nitrogens is 2. The van der Waals surface area contributed by atoms with Crippen LogP contribution in [0.1, 0.15) is 5.56 Å². The molecule has 3 N–H and O–H groups in total. The highest BCUT2D eigenvalue weighted by atomic mass is 32.2. The van der Waals surface area contributed by atoms with Gasteiger partial charge in [-0.25, -0.2) is 17.9 Å². The molecule has 0 aliphatic heterocycles. The molecule has 0 aliphatic rings. The van der Waals surface area contributed by atoms with E-state index in [0.29, 0.717) is 11.0 Å². The van der Waals surface area contributed by atoms with Crippen molar-refractivity contribution in [1.82, 2.24) is 14.7 Å². The maximum absolute atomic E-state index is 12.4. The van der Waals surface area contributed by atoms with Crippen LogP contribution in [0.25, 0.3) is 11.0 Å². The Bertz CT molecular complexity index is 989. The van der Waals surface area contributed by atoms with Gasteiger partial charge in [0.15, 0.2) is 0 Å². The summed E-state index contributed by atoms with van der Waals surface area (Å²) in [7, 11) is -3.65. The molecule has 0 amide bonds. The van der Waals surface area contributed by atoms with Crippen LogP contribution < -0.4 is 10.4 Å². The Balaban J connectivity index is 1.80. The second-order valence-corrected chi connectivity index (χ2v) is 7.61. The van der Waals surface area contributed by atoms with Gasteiger partial charge in [-0.05, 0) is 42.2 Å². The predicted molar refractivity (Wildman–Crippen MR) is 91.2 cm³/mol. The molecule has 1 aromatic heterocycles. The van der Waals surface area contributed by atoms with E-state index in [1.807, 2.05) is 30.5 Å². The number of rotatable bonds is 5. The van der Waals surface area contributed by atoms with Crippen LogP contribution >= 0.6 is 11.8 Å². The molecule has 0 spiro atoms. The van der Waals surface area contributed by atoms with E-state index in [2.05, 4.69) is 14.7 Å². The molecule has 0 radical (unpaired) electrons. The number of aromatic amines is 2. The van der Waals surface area contributed by atoms with Gasteiger partial charge in [-0.2, -0.15) is 0 Å². The van der Waals surface area contributed by atoms with Gasteiger partial charge < -0.3 is 9.97 Å². The Kier molecular flexibility index (Phi) is 4.29. The minimum Gasteiger partial charge on any atom is -0.306 e. The molecule has 0 saturated carbocycles. The standard InChI is InChI=1S/C15H15N3O3S2/c1-22-11-4-2-10(3-5-11)9-16-23(20,21)12-6-7-13-14(8-12)18-15(19)17-13/h2-8,16H,9H2,1H3,(H2,17,18,19). The molecule has 3 aromatic rings. The van der Waals surface area contributed by atoms with Crippen molar-refractivity contribution in [3.05, 3.63) is 58.5 Å². The van der Waals surface area contributed by atoms with E-state index in [1.54, 1.807) is 17.8 Å². The number of imidazole rings is 1. The number of thioether (sulfide) groups is 1. The third-order valence-electron chi connectivity index (χ3n) is 3.42. The second-order valence-electron chi connectivity index (χ2n) is 4.96. The van der Waals surface area contributed by atoms with E-state index < -0.39 is 10.0 Å². The molecule has 0 bridgehead atoms. The molecule has 23 heavy (non-hydrogen) atoms. The second kappa shape index (κ2) is 6.23. The van der Waals surface area contributed by atoms with Gasteiger partial charge in [-0.15, -0.1) is 11.8 Å². The molecule has 0 fully saturated rings. The van der Waals surface area contributed by atoms with Gasteiger partial charge in [0.25, 0.3) is 0 Å². The van der Waals surface area contributed by atoms with Gasteiger partial charge >= 0.3 is 5.69 Å². The van der Waals surface area contributed by atoms with Crippen molar-refractivity contribution >= 4 is 32.8 Å². The fraction of sp³-hybridized carbons (Fsp3) is 0.133. The van der Waals surface area contributed by atoms with Gasteiger partial charge in [0, 0.05) is 11.4 Å². The van der Waals surface area contributed by atoms with Crippen molar-refractivity contribution in [2.75, 3.05) is 6.26 Å². The average Bonchev–Trinajstić information content (AvgIpc) is 2.92. The molecule has 0 saturated heterocycles. The van der Waals surface area contributed by atoms with Crippen LogP contribution in [0.3, 0.4) is 0 Å². The zero-order valence-electron chi connectivity index (χ0n) is 12.3. The van der Waals surface area contributed by atoms with Crippen LogP contribution in [-0.4, -0.2) is 24.6 Å². The molecule has 0 atom stereocenters. The average molecular weight is 349 g/mol. The van der Waals surface area contributed by atoms with E-state index in [1.165, 1.54) is 12.1 Å². The summed E-state index contributed by atoms with van der Waals surface area (Å²) in [6.07, 6.45) is 1.99. The number of benzene rings is 2. The summed E-state index contributed by atoms with van der Waals surface area (Å²) in [5.41, 5.74) is 1.54. The first-order valence-corrected chi connectivity index (χ1v) is 9.53. The highest BCUT2D eigenvalue weighted by molar-refractivity contribution is 7.98. The summed E-state index contributed by atoms with van der Waals surface area (Å²) in [6, 6.07) is 12.1. The molecule has 120 valence electrons. The third-order valence-corrected chi connectivity index (χ3v) is 5.57. The molecular weight excluding hydrogens is 334 g/mol. The zero-order chi connectivity index (χ0) is 16.4. The topological polar surface area (TPSA) is 94.8 Å². The molecule has 1 heterocycles. The maximum Gasteiger partial charge on any atom is 0.323 e. The highest BCUT2D eigenvalue weighted by Crippen LogP contribution is 2.17. The number of nitrogens with one attached hydrogen (secondary N) is 3. The molecule has 3 rings (SSSR count). The summed E-state index contributed by atoms with van der Waals surface area (Å²) in [6.45, 7) is 0.207. The Labute approximate surface area is 137 Å². The van der Waals surface area contributed by atoms with Crippen molar-refractivity contribution in [3.8, 4) is 0 Å². The van der Waals surface area contributed by atoms with Crippen LogP contribution in [0, 0.1) is 0 Å². The van der Waals surface area contributed by atoms with E-state index in [9.17, 15) is 13.2 Å². The quantitative estimate of drug-likeness (QED) is 0.615. The SMILES string of the molecule is CSc1ccc(CNS(=O)(=O)c2ccc3[nH]c(=O)[nH]c3c2)cc1. The lowest BCUT2D eigenvalue weighted by Gasteiger charge is -2.07. The first kappa shape index (κ1) is 15.9. The first-order valence-electron chi connectivity index (χ1n) is 6.82. The highest BCUT2D eigenvalue weighted by Gasteiger charge is 2.15. The molecule has 0 aliphatic carbocycles. The van der Waals surface area contributed by atoms with Crippen molar-refractivity contribution in [2.45, 2.75) is 16.3 Å². The summed E-state index contributed by atoms with van der Waals surface area (Å²) >= 11 is 1.63. The minimum atomic E-state index is -3.65. The Morgan fingerprint density at radius 1 is 1.04 bits per heavy atom. The monoisotopic (exact) mass is 349 g/mol. The van der Waals surface area contributed by atoms with Gasteiger partial charge in [0.1, 0.15) is 0 Å². The van der Waals surface area contributed by atoms with Crippen LogP contribution in [0.5, 0.6) is 0 Å². The van der Waals surface area contributed by atoms with E-state index >= 15 is 0 Å². The van der Waals surface area contributed by atoms with Crippen molar-refractivity contribution in [3.63, 3.8) is 0 Å². The summed E-state index contributed by atoms with van der Waals surface area (Å²) in [5.74, 6) is 0. The first-order chi connectivity index (χ1) is 11.0. The maximum atomic E-state index is 12.4. The Morgan fingerprint density at radius 3 is 2.43 bits per heavy atom. The van der Waals surface area contributed by atoms with Gasteiger partial charge in [0.2, 0.25) is 10.0 Å². The molecule has 0 unspecified atom stereocenters. The van der Waals surface area contributed by atoms with Gasteiger partial charge in [-0.3, -0.25) is 0 Å². The summed E-state index contributed by atoms with van der Waals surface area (Å²) < 4.78 is 27.3. The molecule has 6 nitrogen and oxygen atoms in total. The number of sulfonamides is 1. The van der Waals surface area contributed by atoms with Crippen LogP contribution in [0.2, 0.25) is 0 Å². The number of hydrogen-bond acceptors (Lipinski definition) is 4. The molecular formula is C15H15N3O3S2. The van der Waals surface area contributed by atoms with Gasteiger partial charge in [0.05, 0.1) is 15.9 Å². The normalized spacial score (nSPS) is 11.9. The zero-order valence-corrected chi connectivity index (χ0v) is 13.9. The minimum absolute atomic E-state index is 0.112. The summed E-state index contributed by atoms with van der Waals surface area (Å²) in [4.78, 5) is 17.6. The predicted octanol–water partition coefficient (Wildman–Crippen LogP) is 2.06. The van der Waals surface area contributed by atoms with Crippen LogP contribution in [0.4, 0.5) is 0 Å². The van der Waals surface area contributed by atoms with Crippen molar-refractivity contribution in [2.24, 2.45) is 0 Å². The van der Waals surface area contributed by atoms with E-state index in [0.717, 1.165) is 10.5 Å².